The van der Waals surface area contributed by atoms with Crippen LogP contribution in [0, 0.1) is 13.8 Å². The van der Waals surface area contributed by atoms with Gasteiger partial charge in [0.25, 0.3) is 0 Å². The second kappa shape index (κ2) is 4.44. The van der Waals surface area contributed by atoms with Gasteiger partial charge in [-0.05, 0) is 32.4 Å². The van der Waals surface area contributed by atoms with Gasteiger partial charge in [0, 0.05) is 22.7 Å². The molecule has 15 heavy (non-hydrogen) atoms. The Kier molecular flexibility index (Phi) is 3.19. The normalized spacial score (nSPS) is 25.5. The van der Waals surface area contributed by atoms with Gasteiger partial charge < -0.3 is 5.32 Å². The molecule has 1 N–H and O–H groups in total. The number of pyridine rings is 1. The molecule has 2 unspecified atom stereocenters. The first-order valence-corrected chi connectivity index (χ1v) is 6.52. The smallest absolute Gasteiger partial charge is 0.0606 e. The van der Waals surface area contributed by atoms with E-state index >= 15 is 0 Å². The fraction of sp³-hybridized carbons (Fsp3) is 0.583. The zero-order valence-corrected chi connectivity index (χ0v) is 10.4. The largest absolute Gasteiger partial charge is 0.380 e. The summed E-state index contributed by atoms with van der Waals surface area (Å²) in [5.74, 6) is 1.22. The van der Waals surface area contributed by atoms with Crippen molar-refractivity contribution < 1.29 is 0 Å². The van der Waals surface area contributed by atoms with Gasteiger partial charge in [-0.25, -0.2) is 0 Å². The van der Waals surface area contributed by atoms with Crippen LogP contribution < -0.4 is 5.32 Å². The monoisotopic (exact) mass is 222 g/mol. The Morgan fingerprint density at radius 1 is 1.40 bits per heavy atom. The van der Waals surface area contributed by atoms with E-state index < -0.39 is 0 Å². The molecule has 1 fully saturated rings. The molecule has 0 aromatic carbocycles. The highest BCUT2D eigenvalue weighted by atomic mass is 32.2. The second-order valence-electron chi connectivity index (χ2n) is 4.31. The van der Waals surface area contributed by atoms with Crippen molar-refractivity contribution in [1.82, 2.24) is 4.98 Å². The van der Waals surface area contributed by atoms with Gasteiger partial charge >= 0.3 is 0 Å². The maximum Gasteiger partial charge on any atom is 0.0606 e. The van der Waals surface area contributed by atoms with Gasteiger partial charge in [0.05, 0.1) is 11.4 Å². The molecule has 1 aromatic rings. The Balaban J connectivity index is 2.04. The summed E-state index contributed by atoms with van der Waals surface area (Å²) in [6, 6.07) is 4.83. The van der Waals surface area contributed by atoms with Crippen molar-refractivity contribution in [3.63, 3.8) is 0 Å². The molecule has 0 spiro atoms. The molecule has 2 nitrogen and oxygen atoms in total. The summed E-state index contributed by atoms with van der Waals surface area (Å²) in [7, 11) is 0. The van der Waals surface area contributed by atoms with E-state index in [0.29, 0.717) is 6.04 Å². The lowest BCUT2D eigenvalue weighted by atomic mass is 10.2. The molecule has 2 rings (SSSR count). The molecule has 0 aliphatic carbocycles. The lowest BCUT2D eigenvalue weighted by Crippen LogP contribution is -2.19. The molecule has 0 amide bonds. The number of aromatic nitrogens is 1. The number of aryl methyl sites for hydroxylation is 2. The van der Waals surface area contributed by atoms with Crippen molar-refractivity contribution in [3.05, 3.63) is 23.5 Å². The van der Waals surface area contributed by atoms with Crippen molar-refractivity contribution in [1.29, 1.82) is 0 Å². The minimum Gasteiger partial charge on any atom is -0.380 e. The lowest BCUT2D eigenvalue weighted by molar-refractivity contribution is 0.745. The highest BCUT2D eigenvalue weighted by molar-refractivity contribution is 8.00. The number of thioether (sulfide) groups is 1. The van der Waals surface area contributed by atoms with Crippen LogP contribution >= 0.6 is 11.8 Å². The van der Waals surface area contributed by atoms with Crippen LogP contribution in [0.4, 0.5) is 5.69 Å². The van der Waals surface area contributed by atoms with E-state index in [-0.39, 0.29) is 0 Å². The highest BCUT2D eigenvalue weighted by Gasteiger charge is 2.21. The van der Waals surface area contributed by atoms with Crippen LogP contribution in [0.5, 0.6) is 0 Å². The van der Waals surface area contributed by atoms with Crippen molar-refractivity contribution in [2.75, 3.05) is 11.1 Å². The molecule has 1 aliphatic heterocycles. The van der Waals surface area contributed by atoms with Crippen LogP contribution in [0.1, 0.15) is 24.7 Å². The van der Waals surface area contributed by atoms with Crippen LogP contribution in [0.15, 0.2) is 12.1 Å². The average Bonchev–Trinajstić information content (AvgIpc) is 2.56. The molecule has 0 saturated carbocycles. The third kappa shape index (κ3) is 2.65. The molecule has 1 aliphatic rings. The molecular formula is C12H18N2S. The van der Waals surface area contributed by atoms with Crippen LogP contribution in [-0.4, -0.2) is 22.0 Å². The first-order chi connectivity index (χ1) is 7.15. The van der Waals surface area contributed by atoms with Gasteiger partial charge in [0.1, 0.15) is 0 Å². The van der Waals surface area contributed by atoms with Crippen molar-refractivity contribution in [3.8, 4) is 0 Å². The molecule has 82 valence electrons. The SMILES string of the molecule is Cc1ccc(NC2CSC(C)C2)c(C)n1. The summed E-state index contributed by atoms with van der Waals surface area (Å²) in [6.07, 6.45) is 1.26. The third-order valence-electron chi connectivity index (χ3n) is 2.78. The van der Waals surface area contributed by atoms with Crippen molar-refractivity contribution >= 4 is 17.4 Å². The summed E-state index contributed by atoms with van der Waals surface area (Å²) >= 11 is 2.05. The Labute approximate surface area is 95.9 Å². The summed E-state index contributed by atoms with van der Waals surface area (Å²) in [6.45, 7) is 6.40. The average molecular weight is 222 g/mol. The standard InChI is InChI=1S/C12H18N2S/c1-8-4-5-12(10(3)13-8)14-11-6-9(2)15-7-11/h4-5,9,11,14H,6-7H2,1-3H3. The molecule has 1 aromatic heterocycles. The van der Waals surface area contributed by atoms with Crippen molar-refractivity contribution in [2.45, 2.75) is 38.5 Å². The summed E-state index contributed by atoms with van der Waals surface area (Å²) in [5, 5.41) is 4.38. The van der Waals surface area contributed by atoms with E-state index in [1.165, 1.54) is 17.9 Å². The zero-order chi connectivity index (χ0) is 10.8. The molecule has 0 bridgehead atoms. The van der Waals surface area contributed by atoms with Gasteiger partial charge in [0.15, 0.2) is 0 Å². The van der Waals surface area contributed by atoms with Crippen LogP contribution in [0.3, 0.4) is 0 Å². The molecule has 0 radical (unpaired) electrons. The van der Waals surface area contributed by atoms with E-state index in [9.17, 15) is 0 Å². The number of hydrogen-bond donors (Lipinski definition) is 1. The van der Waals surface area contributed by atoms with Gasteiger partial charge in [0.2, 0.25) is 0 Å². The number of hydrogen-bond acceptors (Lipinski definition) is 3. The molecule has 2 heterocycles. The molecule has 3 heteroatoms. The third-order valence-corrected chi connectivity index (χ3v) is 4.14. The summed E-state index contributed by atoms with van der Waals surface area (Å²) in [4.78, 5) is 4.47. The van der Waals surface area contributed by atoms with Gasteiger partial charge in [-0.3, -0.25) is 4.98 Å². The lowest BCUT2D eigenvalue weighted by Gasteiger charge is -2.15. The maximum absolute atomic E-state index is 4.47. The van der Waals surface area contributed by atoms with E-state index in [1.807, 2.05) is 6.92 Å². The predicted octanol–water partition coefficient (Wildman–Crippen LogP) is 3.00. The first kappa shape index (κ1) is 10.8. The fourth-order valence-corrected chi connectivity index (χ4v) is 3.13. The van der Waals surface area contributed by atoms with E-state index in [2.05, 4.69) is 48.0 Å². The Morgan fingerprint density at radius 2 is 2.20 bits per heavy atom. The minimum atomic E-state index is 0.619. The summed E-state index contributed by atoms with van der Waals surface area (Å²) < 4.78 is 0. The van der Waals surface area contributed by atoms with Crippen LogP contribution in [0.25, 0.3) is 0 Å². The first-order valence-electron chi connectivity index (χ1n) is 5.47. The molecule has 1 saturated heterocycles. The second-order valence-corrected chi connectivity index (χ2v) is 5.78. The number of anilines is 1. The Bertz CT molecular complexity index is 351. The zero-order valence-electron chi connectivity index (χ0n) is 9.58. The Hall–Kier alpha value is -0.700. The number of rotatable bonds is 2. The van der Waals surface area contributed by atoms with E-state index in [0.717, 1.165) is 16.6 Å². The quantitative estimate of drug-likeness (QED) is 0.832. The van der Waals surface area contributed by atoms with Crippen LogP contribution in [-0.2, 0) is 0 Å². The van der Waals surface area contributed by atoms with Gasteiger partial charge in [-0.15, -0.1) is 0 Å². The van der Waals surface area contributed by atoms with E-state index in [1.54, 1.807) is 0 Å². The minimum absolute atomic E-state index is 0.619. The molecular weight excluding hydrogens is 204 g/mol. The van der Waals surface area contributed by atoms with E-state index in [4.69, 9.17) is 0 Å². The summed E-state index contributed by atoms with van der Waals surface area (Å²) in [5.41, 5.74) is 3.40. The number of nitrogens with zero attached hydrogens (tertiary/aromatic N) is 1. The van der Waals surface area contributed by atoms with Crippen LogP contribution in [0.2, 0.25) is 0 Å². The van der Waals surface area contributed by atoms with Gasteiger partial charge in [-0.1, -0.05) is 6.92 Å². The number of nitrogens with one attached hydrogen (secondary N) is 1. The maximum atomic E-state index is 4.47. The van der Waals surface area contributed by atoms with Crippen molar-refractivity contribution in [2.24, 2.45) is 0 Å². The fourth-order valence-electron chi connectivity index (χ4n) is 1.98. The van der Waals surface area contributed by atoms with Gasteiger partial charge in [-0.2, -0.15) is 11.8 Å². The predicted molar refractivity (Wildman–Crippen MR) is 67.7 cm³/mol. The highest BCUT2D eigenvalue weighted by Crippen LogP contribution is 2.28. The molecule has 2 atom stereocenters. The topological polar surface area (TPSA) is 24.9 Å². The Morgan fingerprint density at radius 3 is 2.80 bits per heavy atom.